The second-order valence-corrected chi connectivity index (χ2v) is 5.95. The number of rotatable bonds is 1. The fourth-order valence-corrected chi connectivity index (χ4v) is 3.27. The van der Waals surface area contributed by atoms with Crippen molar-refractivity contribution in [2.45, 2.75) is 26.7 Å². The third-order valence-corrected chi connectivity index (χ3v) is 4.49. The number of halogens is 1. The van der Waals surface area contributed by atoms with Crippen LogP contribution in [0.4, 0.5) is 10.3 Å². The van der Waals surface area contributed by atoms with Gasteiger partial charge in [0.2, 0.25) is 5.88 Å². The van der Waals surface area contributed by atoms with E-state index in [0.29, 0.717) is 39.5 Å². The Bertz CT molecular complexity index is 1050. The van der Waals surface area contributed by atoms with Crippen LogP contribution >= 0.6 is 0 Å². The van der Waals surface area contributed by atoms with Crippen LogP contribution in [-0.2, 0) is 0 Å². The molecular formula is C17H14FN5O. The summed E-state index contributed by atoms with van der Waals surface area (Å²) in [5, 5.41) is 24.4. The molecule has 0 amide bonds. The van der Waals surface area contributed by atoms with Crippen molar-refractivity contribution in [3.8, 4) is 6.07 Å². The van der Waals surface area contributed by atoms with Gasteiger partial charge in [0.25, 0.3) is 0 Å². The molecule has 6 nitrogen and oxygen atoms in total. The first-order chi connectivity index (χ1) is 11.5. The Kier molecular flexibility index (Phi) is 2.97. The van der Waals surface area contributed by atoms with Crippen LogP contribution in [0.1, 0.15) is 35.4 Å². The van der Waals surface area contributed by atoms with E-state index in [1.54, 1.807) is 19.9 Å². The molecule has 2 aromatic heterocycles. The van der Waals surface area contributed by atoms with Crippen LogP contribution in [0.15, 0.2) is 27.9 Å². The molecule has 7 heteroatoms. The number of nitrogens with one attached hydrogen (secondary N) is 2. The number of allylic oxidation sites excluding steroid dienone is 2. The highest BCUT2D eigenvalue weighted by atomic mass is 19.1. The lowest BCUT2D eigenvalue weighted by molar-refractivity contribution is 0.428. The van der Waals surface area contributed by atoms with Crippen LogP contribution in [0.5, 0.6) is 0 Å². The van der Waals surface area contributed by atoms with Crippen LogP contribution in [-0.4, -0.2) is 15.4 Å². The van der Waals surface area contributed by atoms with Gasteiger partial charge in [-0.3, -0.25) is 5.10 Å². The monoisotopic (exact) mass is 323 g/mol. The number of aromatic amines is 1. The summed E-state index contributed by atoms with van der Waals surface area (Å²) >= 11 is 0. The summed E-state index contributed by atoms with van der Waals surface area (Å²) in [6.45, 7) is 5.41. The summed E-state index contributed by atoms with van der Waals surface area (Å²) in [5.74, 6) is -0.501. The third kappa shape index (κ3) is 1.86. The van der Waals surface area contributed by atoms with Gasteiger partial charge in [0.1, 0.15) is 5.82 Å². The van der Waals surface area contributed by atoms with Crippen molar-refractivity contribution < 1.29 is 8.91 Å². The Morgan fingerprint density at radius 3 is 2.79 bits per heavy atom. The van der Waals surface area contributed by atoms with Crippen molar-refractivity contribution in [2.24, 2.45) is 0 Å². The predicted octanol–water partition coefficient (Wildman–Crippen LogP) is 3.66. The molecule has 2 N–H and O–H groups in total. The van der Waals surface area contributed by atoms with Gasteiger partial charge in [-0.25, -0.2) is 4.39 Å². The number of nitriles is 1. The zero-order valence-electron chi connectivity index (χ0n) is 13.4. The molecule has 0 aliphatic carbocycles. The van der Waals surface area contributed by atoms with E-state index in [1.807, 2.05) is 6.92 Å². The summed E-state index contributed by atoms with van der Waals surface area (Å²) < 4.78 is 20.1. The number of hydrogen-bond donors (Lipinski definition) is 2. The molecule has 0 radical (unpaired) electrons. The lowest BCUT2D eigenvalue weighted by atomic mass is 9.81. The number of H-pyrrole nitrogens is 1. The lowest BCUT2D eigenvalue weighted by Gasteiger charge is -2.24. The lowest BCUT2D eigenvalue weighted by Crippen LogP contribution is -2.17. The molecule has 0 spiro atoms. The van der Waals surface area contributed by atoms with Crippen LogP contribution in [0.25, 0.3) is 10.9 Å². The fraction of sp³-hybridized carbons (Fsp3) is 0.235. The molecule has 0 bridgehead atoms. The number of aryl methyl sites for hydroxylation is 2. The van der Waals surface area contributed by atoms with Crippen molar-refractivity contribution in [3.63, 3.8) is 0 Å². The fourth-order valence-electron chi connectivity index (χ4n) is 3.27. The minimum atomic E-state index is -0.559. The van der Waals surface area contributed by atoms with Gasteiger partial charge >= 0.3 is 0 Å². The van der Waals surface area contributed by atoms with Crippen molar-refractivity contribution >= 4 is 16.8 Å². The summed E-state index contributed by atoms with van der Waals surface area (Å²) in [7, 11) is 0. The van der Waals surface area contributed by atoms with Gasteiger partial charge in [0.15, 0.2) is 0 Å². The largest absolute Gasteiger partial charge is 0.338 e. The van der Waals surface area contributed by atoms with Gasteiger partial charge in [0, 0.05) is 16.6 Å². The molecule has 1 aromatic carbocycles. The summed E-state index contributed by atoms with van der Waals surface area (Å²) in [5.41, 5.74) is 4.23. The van der Waals surface area contributed by atoms with E-state index in [9.17, 15) is 9.65 Å². The number of hydrogen-bond acceptors (Lipinski definition) is 5. The number of nitrogens with zero attached hydrogens (tertiary/aromatic N) is 3. The van der Waals surface area contributed by atoms with Crippen molar-refractivity contribution in [2.75, 3.05) is 5.32 Å². The van der Waals surface area contributed by atoms with E-state index in [4.69, 9.17) is 4.52 Å². The maximum Gasteiger partial charge on any atom is 0.233 e. The van der Waals surface area contributed by atoms with Crippen LogP contribution in [0, 0.1) is 31.0 Å². The van der Waals surface area contributed by atoms with Gasteiger partial charge in [0.05, 0.1) is 40.0 Å². The van der Waals surface area contributed by atoms with E-state index in [1.165, 1.54) is 6.07 Å². The van der Waals surface area contributed by atoms with Crippen molar-refractivity contribution in [1.29, 1.82) is 5.26 Å². The molecule has 1 atom stereocenters. The quantitative estimate of drug-likeness (QED) is 0.713. The highest BCUT2D eigenvalue weighted by molar-refractivity contribution is 5.83. The molecule has 0 saturated carbocycles. The number of aromatic nitrogens is 3. The van der Waals surface area contributed by atoms with Gasteiger partial charge in [-0.2, -0.15) is 10.4 Å². The van der Waals surface area contributed by atoms with E-state index in [-0.39, 0.29) is 0 Å². The third-order valence-electron chi connectivity index (χ3n) is 4.49. The molecule has 1 unspecified atom stereocenters. The van der Waals surface area contributed by atoms with E-state index in [2.05, 4.69) is 26.7 Å². The van der Waals surface area contributed by atoms with E-state index >= 15 is 0 Å². The highest BCUT2D eigenvalue weighted by Gasteiger charge is 2.35. The maximum atomic E-state index is 14.8. The van der Waals surface area contributed by atoms with Crippen LogP contribution < -0.4 is 5.32 Å². The van der Waals surface area contributed by atoms with Crippen LogP contribution in [0.3, 0.4) is 0 Å². The normalized spacial score (nSPS) is 16.9. The molecule has 0 fully saturated rings. The molecule has 4 rings (SSSR count). The molecule has 24 heavy (non-hydrogen) atoms. The average Bonchev–Trinajstić information content (AvgIpc) is 3.09. The standard InChI is InChI=1S/C17H14FN5O/c1-7-12(6-19)16(15-9(3)23-24-17(15)20-7)11-4-10-8(2)21-22-14(10)5-13(11)18/h4-5,16,20H,1-3H3,(H,21,22). The Labute approximate surface area is 136 Å². The number of anilines is 1. The molecule has 1 aliphatic rings. The first-order valence-electron chi connectivity index (χ1n) is 7.49. The molecule has 0 saturated heterocycles. The second-order valence-electron chi connectivity index (χ2n) is 5.95. The average molecular weight is 323 g/mol. The van der Waals surface area contributed by atoms with Gasteiger partial charge in [-0.05, 0) is 32.9 Å². The first-order valence-corrected chi connectivity index (χ1v) is 7.49. The van der Waals surface area contributed by atoms with Crippen molar-refractivity contribution in [3.05, 3.63) is 51.7 Å². The van der Waals surface area contributed by atoms with E-state index < -0.39 is 11.7 Å². The van der Waals surface area contributed by atoms with Gasteiger partial charge < -0.3 is 9.84 Å². The zero-order chi connectivity index (χ0) is 17.0. The summed E-state index contributed by atoms with van der Waals surface area (Å²) in [4.78, 5) is 0. The SMILES string of the molecule is CC1=C(C#N)C(c2cc3c(C)n[nH]c3cc2F)c2c(C)noc2N1. The predicted molar refractivity (Wildman–Crippen MR) is 85.8 cm³/mol. The summed E-state index contributed by atoms with van der Waals surface area (Å²) in [6.07, 6.45) is 0. The minimum Gasteiger partial charge on any atom is -0.338 e. The smallest absolute Gasteiger partial charge is 0.233 e. The summed E-state index contributed by atoms with van der Waals surface area (Å²) in [6, 6.07) is 5.37. The number of benzene rings is 1. The van der Waals surface area contributed by atoms with E-state index in [0.717, 1.165) is 11.1 Å². The highest BCUT2D eigenvalue weighted by Crippen LogP contribution is 2.44. The van der Waals surface area contributed by atoms with Gasteiger partial charge in [-0.15, -0.1) is 0 Å². The topological polar surface area (TPSA) is 90.5 Å². The number of fused-ring (bicyclic) bond motifs is 2. The van der Waals surface area contributed by atoms with Crippen LogP contribution in [0.2, 0.25) is 0 Å². The molecule has 3 aromatic rings. The van der Waals surface area contributed by atoms with Gasteiger partial charge in [-0.1, -0.05) is 5.16 Å². The van der Waals surface area contributed by atoms with Crippen molar-refractivity contribution in [1.82, 2.24) is 15.4 Å². The Hall–Kier alpha value is -3.14. The molecule has 120 valence electrons. The maximum absolute atomic E-state index is 14.8. The first kappa shape index (κ1) is 14.5. The molecular weight excluding hydrogens is 309 g/mol. The zero-order valence-corrected chi connectivity index (χ0v) is 13.4. The second kappa shape index (κ2) is 4.93. The Morgan fingerprint density at radius 1 is 1.25 bits per heavy atom. The molecule has 3 heterocycles. The Balaban J connectivity index is 2.04. The molecule has 1 aliphatic heterocycles. The minimum absolute atomic E-state index is 0.398. The Morgan fingerprint density at radius 2 is 2.04 bits per heavy atom.